The van der Waals surface area contributed by atoms with Crippen molar-refractivity contribution in [1.82, 2.24) is 15.1 Å². The molecule has 1 atom stereocenters. The fraction of sp³-hybridized carbons (Fsp3) is 0.400. The fourth-order valence-electron chi connectivity index (χ4n) is 2.33. The van der Waals surface area contributed by atoms with Crippen molar-refractivity contribution in [1.29, 1.82) is 0 Å². The molecular weight excluding hydrogens is 268 g/mol. The zero-order chi connectivity index (χ0) is 15.2. The number of aryl methyl sites for hydroxylation is 1. The maximum absolute atomic E-state index is 10.9. The first-order valence-electron chi connectivity index (χ1n) is 7.06. The lowest BCUT2D eigenvalue weighted by Gasteiger charge is -2.18. The minimum atomic E-state index is -0.354. The topological polar surface area (TPSA) is 73.0 Å². The first-order valence-corrected chi connectivity index (χ1v) is 7.06. The summed E-state index contributed by atoms with van der Waals surface area (Å²) in [5.41, 5.74) is 2.17. The summed E-state index contributed by atoms with van der Waals surface area (Å²) in [7, 11) is 1.90. The van der Waals surface area contributed by atoms with E-state index in [0.29, 0.717) is 6.54 Å². The van der Waals surface area contributed by atoms with Gasteiger partial charge < -0.3 is 5.32 Å². The van der Waals surface area contributed by atoms with E-state index in [-0.39, 0.29) is 16.7 Å². The molecule has 0 saturated carbocycles. The Balaban J connectivity index is 2.12. The molecule has 2 aromatic rings. The molecule has 0 saturated heterocycles. The van der Waals surface area contributed by atoms with Crippen molar-refractivity contribution in [2.45, 2.75) is 32.4 Å². The highest BCUT2D eigenvalue weighted by Crippen LogP contribution is 2.23. The van der Waals surface area contributed by atoms with Crippen LogP contribution in [-0.2, 0) is 13.6 Å². The second-order valence-corrected chi connectivity index (χ2v) is 5.02. The third kappa shape index (κ3) is 3.88. The zero-order valence-corrected chi connectivity index (χ0v) is 12.3. The number of nitro groups is 1. The molecule has 112 valence electrons. The Hall–Kier alpha value is -2.21. The zero-order valence-electron chi connectivity index (χ0n) is 12.3. The van der Waals surface area contributed by atoms with Gasteiger partial charge >= 0.3 is 0 Å². The van der Waals surface area contributed by atoms with Crippen LogP contribution in [0.3, 0.4) is 0 Å². The van der Waals surface area contributed by atoms with Crippen molar-refractivity contribution < 1.29 is 4.92 Å². The van der Waals surface area contributed by atoms with Crippen molar-refractivity contribution >= 4 is 5.69 Å². The molecule has 1 N–H and O–H groups in total. The first-order chi connectivity index (χ1) is 10.1. The Labute approximate surface area is 123 Å². The van der Waals surface area contributed by atoms with Gasteiger partial charge in [0.25, 0.3) is 5.69 Å². The molecule has 0 spiro atoms. The summed E-state index contributed by atoms with van der Waals surface area (Å²) in [6.45, 7) is 2.79. The van der Waals surface area contributed by atoms with Crippen molar-refractivity contribution in [2.24, 2.45) is 7.05 Å². The monoisotopic (exact) mass is 288 g/mol. The predicted molar refractivity (Wildman–Crippen MR) is 80.8 cm³/mol. The van der Waals surface area contributed by atoms with Crippen LogP contribution < -0.4 is 5.32 Å². The average molecular weight is 288 g/mol. The van der Waals surface area contributed by atoms with Gasteiger partial charge in [0, 0.05) is 38.0 Å². The highest BCUT2D eigenvalue weighted by Gasteiger charge is 2.14. The quantitative estimate of drug-likeness (QED) is 0.628. The number of benzene rings is 1. The van der Waals surface area contributed by atoms with E-state index in [1.165, 1.54) is 6.07 Å². The summed E-state index contributed by atoms with van der Waals surface area (Å²) < 4.78 is 1.82. The molecule has 6 nitrogen and oxygen atoms in total. The summed E-state index contributed by atoms with van der Waals surface area (Å²) in [4.78, 5) is 10.5. The highest BCUT2D eigenvalue weighted by molar-refractivity contribution is 5.35. The van der Waals surface area contributed by atoms with Crippen LogP contribution in [0.4, 0.5) is 5.69 Å². The molecule has 0 aliphatic rings. The molecule has 0 radical (unpaired) electrons. The second-order valence-electron chi connectivity index (χ2n) is 5.02. The van der Waals surface area contributed by atoms with Crippen molar-refractivity contribution in [3.63, 3.8) is 0 Å². The lowest BCUT2D eigenvalue weighted by molar-refractivity contribution is -0.384. The largest absolute Gasteiger partial charge is 0.304 e. The molecule has 6 heteroatoms. The molecular formula is C15H20N4O2. The molecule has 1 unspecified atom stereocenters. The Morgan fingerprint density at radius 2 is 2.24 bits per heavy atom. The van der Waals surface area contributed by atoms with Gasteiger partial charge in [-0.3, -0.25) is 14.8 Å². The van der Waals surface area contributed by atoms with Gasteiger partial charge in [-0.15, -0.1) is 0 Å². The lowest BCUT2D eigenvalue weighted by Crippen LogP contribution is -2.22. The van der Waals surface area contributed by atoms with E-state index in [1.807, 2.05) is 23.9 Å². The molecule has 0 aliphatic heterocycles. The van der Waals surface area contributed by atoms with E-state index in [2.05, 4.69) is 17.3 Å². The van der Waals surface area contributed by atoms with Gasteiger partial charge in [0.1, 0.15) is 0 Å². The minimum absolute atomic E-state index is 0.102. The van der Waals surface area contributed by atoms with Crippen molar-refractivity contribution in [3.05, 3.63) is 57.9 Å². The van der Waals surface area contributed by atoms with E-state index in [9.17, 15) is 10.1 Å². The van der Waals surface area contributed by atoms with Crippen LogP contribution in [-0.4, -0.2) is 14.7 Å². The number of hydrogen-bond acceptors (Lipinski definition) is 4. The number of non-ortho nitro benzene ring substituents is 1. The molecule has 21 heavy (non-hydrogen) atoms. The van der Waals surface area contributed by atoms with Crippen LogP contribution in [0, 0.1) is 10.1 Å². The van der Waals surface area contributed by atoms with Crippen LogP contribution in [0.2, 0.25) is 0 Å². The number of aromatic nitrogens is 2. The smallest absolute Gasteiger partial charge is 0.269 e. The molecule has 1 aromatic heterocycles. The average Bonchev–Trinajstić information content (AvgIpc) is 2.89. The number of hydrogen-bond donors (Lipinski definition) is 1. The second kappa shape index (κ2) is 6.99. The third-order valence-corrected chi connectivity index (χ3v) is 3.51. The molecule has 0 bridgehead atoms. The molecule has 0 fully saturated rings. The van der Waals surface area contributed by atoms with E-state index < -0.39 is 0 Å². The highest BCUT2D eigenvalue weighted by atomic mass is 16.6. The lowest BCUT2D eigenvalue weighted by atomic mass is 10.0. The predicted octanol–water partition coefficient (Wildman–Crippen LogP) is 2.96. The van der Waals surface area contributed by atoms with Crippen LogP contribution in [0.1, 0.15) is 37.1 Å². The van der Waals surface area contributed by atoms with Gasteiger partial charge in [0.05, 0.1) is 10.6 Å². The van der Waals surface area contributed by atoms with Gasteiger partial charge in [0.15, 0.2) is 0 Å². The number of rotatable bonds is 7. The SMILES string of the molecule is CCCC(NCc1ccnn1C)c1cccc([N+](=O)[O-])c1. The van der Waals surface area contributed by atoms with E-state index >= 15 is 0 Å². The van der Waals surface area contributed by atoms with Gasteiger partial charge in [-0.2, -0.15) is 5.10 Å². The van der Waals surface area contributed by atoms with Crippen molar-refractivity contribution in [2.75, 3.05) is 0 Å². The molecule has 0 aliphatic carbocycles. The summed E-state index contributed by atoms with van der Waals surface area (Å²) in [6, 6.07) is 8.91. The minimum Gasteiger partial charge on any atom is -0.304 e. The van der Waals surface area contributed by atoms with Crippen LogP contribution in [0.25, 0.3) is 0 Å². The van der Waals surface area contributed by atoms with Gasteiger partial charge in [-0.1, -0.05) is 25.5 Å². The summed E-state index contributed by atoms with van der Waals surface area (Å²) in [5, 5.41) is 18.5. The molecule has 1 aromatic carbocycles. The molecule has 1 heterocycles. The number of nitrogens with one attached hydrogen (secondary N) is 1. The Kier molecular flexibility index (Phi) is 5.05. The van der Waals surface area contributed by atoms with Crippen LogP contribution >= 0.6 is 0 Å². The van der Waals surface area contributed by atoms with E-state index in [4.69, 9.17) is 0 Å². The summed E-state index contributed by atoms with van der Waals surface area (Å²) >= 11 is 0. The van der Waals surface area contributed by atoms with Gasteiger partial charge in [-0.05, 0) is 18.1 Å². The maximum Gasteiger partial charge on any atom is 0.269 e. The third-order valence-electron chi connectivity index (χ3n) is 3.51. The summed E-state index contributed by atoms with van der Waals surface area (Å²) in [5.74, 6) is 0. The molecule has 2 rings (SSSR count). The normalized spacial score (nSPS) is 12.3. The Morgan fingerprint density at radius 3 is 2.86 bits per heavy atom. The Bertz CT molecular complexity index is 609. The Morgan fingerprint density at radius 1 is 1.43 bits per heavy atom. The van der Waals surface area contributed by atoms with Crippen LogP contribution in [0.15, 0.2) is 36.5 Å². The first kappa shape index (κ1) is 15.2. The van der Waals surface area contributed by atoms with Crippen LogP contribution in [0.5, 0.6) is 0 Å². The summed E-state index contributed by atoms with van der Waals surface area (Å²) in [6.07, 6.45) is 3.70. The molecule has 0 amide bonds. The maximum atomic E-state index is 10.9. The van der Waals surface area contributed by atoms with Crippen molar-refractivity contribution in [3.8, 4) is 0 Å². The van der Waals surface area contributed by atoms with Gasteiger partial charge in [0.2, 0.25) is 0 Å². The number of nitro benzene ring substituents is 1. The fourth-order valence-corrected chi connectivity index (χ4v) is 2.33. The van der Waals surface area contributed by atoms with E-state index in [0.717, 1.165) is 24.1 Å². The van der Waals surface area contributed by atoms with Gasteiger partial charge in [-0.25, -0.2) is 0 Å². The van der Waals surface area contributed by atoms with E-state index in [1.54, 1.807) is 18.3 Å². The number of nitrogens with zero attached hydrogens (tertiary/aromatic N) is 3. The standard InChI is InChI=1S/C15H20N4O2/c1-3-5-15(16-11-14-8-9-17-18(14)2)12-6-4-7-13(10-12)19(20)21/h4,6-10,15-16H,3,5,11H2,1-2H3.